The molecule has 1 N–H and O–H groups in total. The van der Waals surface area contributed by atoms with Crippen molar-refractivity contribution >= 4 is 5.91 Å². The predicted octanol–water partition coefficient (Wildman–Crippen LogP) is 2.08. The maximum atomic E-state index is 11.0. The zero-order valence-corrected chi connectivity index (χ0v) is 11.7. The molecule has 1 aromatic rings. The van der Waals surface area contributed by atoms with Gasteiger partial charge in [0.05, 0.1) is 14.2 Å². The molecule has 0 aliphatic rings. The zero-order chi connectivity index (χ0) is 13.7. The number of nitrogens with one attached hydrogen (secondary N) is 1. The Morgan fingerprint density at radius 2 is 1.89 bits per heavy atom. The van der Waals surface area contributed by atoms with Crippen LogP contribution in [0.4, 0.5) is 0 Å². The lowest BCUT2D eigenvalue weighted by Gasteiger charge is -2.17. The molecule has 18 heavy (non-hydrogen) atoms. The Labute approximate surface area is 108 Å². The van der Waals surface area contributed by atoms with Crippen LogP contribution in [0.5, 0.6) is 11.5 Å². The van der Waals surface area contributed by atoms with Gasteiger partial charge in [0.25, 0.3) is 0 Å². The van der Waals surface area contributed by atoms with E-state index in [-0.39, 0.29) is 11.9 Å². The van der Waals surface area contributed by atoms with Gasteiger partial charge < -0.3 is 14.8 Å². The Balaban J connectivity index is 2.95. The van der Waals surface area contributed by atoms with Crippen LogP contribution in [0, 0.1) is 6.92 Å². The van der Waals surface area contributed by atoms with Gasteiger partial charge in [-0.05, 0) is 43.5 Å². The summed E-state index contributed by atoms with van der Waals surface area (Å²) in [5, 5.41) is 2.86. The smallest absolute Gasteiger partial charge is 0.217 e. The van der Waals surface area contributed by atoms with Gasteiger partial charge in [-0.2, -0.15) is 0 Å². The van der Waals surface area contributed by atoms with Gasteiger partial charge in [0.2, 0.25) is 5.91 Å². The van der Waals surface area contributed by atoms with E-state index in [2.05, 4.69) is 5.32 Å². The monoisotopic (exact) mass is 251 g/mol. The SMILES string of the molecule is COc1cc(CC(C)NC(C)=O)c(OC)cc1C. The van der Waals surface area contributed by atoms with Gasteiger partial charge in [0.1, 0.15) is 11.5 Å². The maximum Gasteiger partial charge on any atom is 0.217 e. The Morgan fingerprint density at radius 3 is 2.39 bits per heavy atom. The van der Waals surface area contributed by atoms with Gasteiger partial charge in [0, 0.05) is 13.0 Å². The Kier molecular flexibility index (Phi) is 5.01. The second-order valence-corrected chi connectivity index (χ2v) is 4.44. The van der Waals surface area contributed by atoms with E-state index in [1.807, 2.05) is 26.0 Å². The van der Waals surface area contributed by atoms with Gasteiger partial charge in [0.15, 0.2) is 0 Å². The summed E-state index contributed by atoms with van der Waals surface area (Å²) < 4.78 is 10.7. The van der Waals surface area contributed by atoms with Crippen LogP contribution in [0.2, 0.25) is 0 Å². The highest BCUT2D eigenvalue weighted by molar-refractivity contribution is 5.73. The highest BCUT2D eigenvalue weighted by Gasteiger charge is 2.12. The summed E-state index contributed by atoms with van der Waals surface area (Å²) in [4.78, 5) is 11.0. The minimum atomic E-state index is -0.0273. The number of rotatable bonds is 5. The van der Waals surface area contributed by atoms with Crippen molar-refractivity contribution in [1.82, 2.24) is 5.32 Å². The number of ether oxygens (including phenoxy) is 2. The van der Waals surface area contributed by atoms with E-state index in [4.69, 9.17) is 9.47 Å². The number of methoxy groups -OCH3 is 2. The summed E-state index contributed by atoms with van der Waals surface area (Å²) in [7, 11) is 3.30. The molecule has 1 aromatic carbocycles. The molecule has 0 bridgehead atoms. The molecule has 4 nitrogen and oxygen atoms in total. The molecule has 4 heteroatoms. The molecule has 0 aliphatic heterocycles. The lowest BCUT2D eigenvalue weighted by atomic mass is 10.0. The minimum Gasteiger partial charge on any atom is -0.496 e. The van der Waals surface area contributed by atoms with Crippen LogP contribution in [0.15, 0.2) is 12.1 Å². The fourth-order valence-electron chi connectivity index (χ4n) is 2.00. The van der Waals surface area contributed by atoms with Gasteiger partial charge in [-0.1, -0.05) is 0 Å². The van der Waals surface area contributed by atoms with Crippen molar-refractivity contribution in [1.29, 1.82) is 0 Å². The van der Waals surface area contributed by atoms with Crippen LogP contribution < -0.4 is 14.8 Å². The first-order valence-corrected chi connectivity index (χ1v) is 5.96. The quantitative estimate of drug-likeness (QED) is 0.871. The Hall–Kier alpha value is -1.71. The van der Waals surface area contributed by atoms with Crippen LogP contribution in [-0.2, 0) is 11.2 Å². The van der Waals surface area contributed by atoms with Crippen LogP contribution in [0.25, 0.3) is 0 Å². The lowest BCUT2D eigenvalue weighted by Crippen LogP contribution is -2.32. The van der Waals surface area contributed by atoms with Crippen molar-refractivity contribution in [2.75, 3.05) is 14.2 Å². The minimum absolute atomic E-state index is 0.0273. The summed E-state index contributed by atoms with van der Waals surface area (Å²) in [5.41, 5.74) is 2.06. The summed E-state index contributed by atoms with van der Waals surface area (Å²) in [5.74, 6) is 1.63. The normalized spacial score (nSPS) is 11.8. The molecule has 0 aliphatic carbocycles. The number of hydrogen-bond acceptors (Lipinski definition) is 3. The van der Waals surface area contributed by atoms with E-state index >= 15 is 0 Å². The molecule has 1 unspecified atom stereocenters. The van der Waals surface area contributed by atoms with Gasteiger partial charge in [-0.25, -0.2) is 0 Å². The third-order valence-corrected chi connectivity index (χ3v) is 2.77. The molecule has 0 saturated carbocycles. The van der Waals surface area contributed by atoms with Crippen molar-refractivity contribution in [3.8, 4) is 11.5 Å². The predicted molar refractivity (Wildman–Crippen MR) is 71.3 cm³/mol. The molecule has 0 heterocycles. The first kappa shape index (κ1) is 14.4. The van der Waals surface area contributed by atoms with Crippen molar-refractivity contribution in [3.05, 3.63) is 23.3 Å². The fourth-order valence-corrected chi connectivity index (χ4v) is 2.00. The molecule has 0 spiro atoms. The number of benzene rings is 1. The molecule has 1 amide bonds. The summed E-state index contributed by atoms with van der Waals surface area (Å²) in [6.07, 6.45) is 0.708. The average Bonchev–Trinajstić information content (AvgIpc) is 2.29. The highest BCUT2D eigenvalue weighted by Crippen LogP contribution is 2.29. The van der Waals surface area contributed by atoms with Crippen molar-refractivity contribution in [2.45, 2.75) is 33.2 Å². The molecule has 1 atom stereocenters. The summed E-state index contributed by atoms with van der Waals surface area (Å²) in [6.45, 7) is 5.46. The third kappa shape index (κ3) is 3.65. The van der Waals surface area contributed by atoms with E-state index in [9.17, 15) is 4.79 Å². The molecule has 0 aromatic heterocycles. The summed E-state index contributed by atoms with van der Waals surface area (Å²) in [6, 6.07) is 3.98. The van der Waals surface area contributed by atoms with Gasteiger partial charge in [-0.15, -0.1) is 0 Å². The number of amides is 1. The van der Waals surface area contributed by atoms with Crippen LogP contribution in [0.3, 0.4) is 0 Å². The molecule has 0 saturated heterocycles. The lowest BCUT2D eigenvalue weighted by molar-refractivity contribution is -0.119. The van der Waals surface area contributed by atoms with Crippen molar-refractivity contribution in [2.24, 2.45) is 0 Å². The zero-order valence-electron chi connectivity index (χ0n) is 11.7. The number of carbonyl (C=O) groups excluding carboxylic acids is 1. The average molecular weight is 251 g/mol. The fraction of sp³-hybridized carbons (Fsp3) is 0.500. The number of carbonyl (C=O) groups is 1. The first-order valence-electron chi connectivity index (χ1n) is 5.96. The van der Waals surface area contributed by atoms with Crippen LogP contribution in [0.1, 0.15) is 25.0 Å². The van der Waals surface area contributed by atoms with Crippen molar-refractivity contribution in [3.63, 3.8) is 0 Å². The van der Waals surface area contributed by atoms with E-state index in [0.29, 0.717) is 6.42 Å². The van der Waals surface area contributed by atoms with E-state index < -0.39 is 0 Å². The van der Waals surface area contributed by atoms with E-state index in [0.717, 1.165) is 22.6 Å². The van der Waals surface area contributed by atoms with Crippen molar-refractivity contribution < 1.29 is 14.3 Å². The van der Waals surface area contributed by atoms with Gasteiger partial charge >= 0.3 is 0 Å². The standard InChI is InChI=1S/C14H21NO3/c1-9-6-14(18-5)12(8-13(9)17-4)7-10(2)15-11(3)16/h6,8,10H,7H2,1-5H3,(H,15,16). The molecule has 0 radical (unpaired) electrons. The molecule has 0 fully saturated rings. The van der Waals surface area contributed by atoms with E-state index in [1.165, 1.54) is 6.92 Å². The van der Waals surface area contributed by atoms with Crippen LogP contribution in [-0.4, -0.2) is 26.2 Å². The topological polar surface area (TPSA) is 47.6 Å². The molecular formula is C14H21NO3. The molecular weight excluding hydrogens is 230 g/mol. The highest BCUT2D eigenvalue weighted by atomic mass is 16.5. The number of aryl methyl sites for hydroxylation is 1. The Morgan fingerprint density at radius 1 is 1.28 bits per heavy atom. The number of hydrogen-bond donors (Lipinski definition) is 1. The largest absolute Gasteiger partial charge is 0.496 e. The van der Waals surface area contributed by atoms with Crippen LogP contribution >= 0.6 is 0 Å². The van der Waals surface area contributed by atoms with E-state index in [1.54, 1.807) is 14.2 Å². The van der Waals surface area contributed by atoms with Gasteiger partial charge in [-0.3, -0.25) is 4.79 Å². The summed E-state index contributed by atoms with van der Waals surface area (Å²) >= 11 is 0. The molecule has 1 rings (SSSR count). The maximum absolute atomic E-state index is 11.0. The third-order valence-electron chi connectivity index (χ3n) is 2.77. The first-order chi connectivity index (χ1) is 8.47. The second-order valence-electron chi connectivity index (χ2n) is 4.44. The molecule has 100 valence electrons. The Bertz CT molecular complexity index is 429. The second kappa shape index (κ2) is 6.28.